The van der Waals surface area contributed by atoms with Crippen LogP contribution in [0.15, 0.2) is 34.6 Å². The van der Waals surface area contributed by atoms with Crippen LogP contribution in [-0.4, -0.2) is 49.2 Å². The number of nitrogens with zero attached hydrogens (tertiary/aromatic N) is 3. The summed E-state index contributed by atoms with van der Waals surface area (Å²) in [6.07, 6.45) is 0.509. The molecule has 1 N–H and O–H groups in total. The maximum Gasteiger partial charge on any atom is 0.194 e. The van der Waals surface area contributed by atoms with Crippen LogP contribution in [0.25, 0.3) is 0 Å². The molecule has 0 spiro atoms. The maximum absolute atomic E-state index is 13.9. The van der Waals surface area contributed by atoms with Crippen LogP contribution in [0.5, 0.6) is 5.75 Å². The van der Waals surface area contributed by atoms with Gasteiger partial charge >= 0.3 is 0 Å². The molecule has 0 fully saturated rings. The van der Waals surface area contributed by atoms with Crippen LogP contribution in [0.4, 0.5) is 4.39 Å². The monoisotopic (exact) mass is 550 g/mol. The van der Waals surface area contributed by atoms with Crippen LogP contribution in [-0.2, 0) is 11.3 Å². The molecule has 2 atom stereocenters. The fourth-order valence-corrected chi connectivity index (χ4v) is 3.47. The molecule has 0 saturated heterocycles. The Morgan fingerprint density at radius 3 is 2.70 bits per heavy atom. The lowest BCUT2D eigenvalue weighted by atomic mass is 10.2. The second-order valence-electron chi connectivity index (χ2n) is 6.68. The number of benzene rings is 1. The smallest absolute Gasteiger partial charge is 0.194 e. The second kappa shape index (κ2) is 13.8. The number of aliphatic imine (C=N–C) groups is 1. The summed E-state index contributed by atoms with van der Waals surface area (Å²) < 4.78 is 25.0. The minimum Gasteiger partial charge on any atom is -0.485 e. The number of nitrogens with one attached hydrogen (secondary N) is 1. The van der Waals surface area contributed by atoms with Gasteiger partial charge in [-0.05, 0) is 32.4 Å². The molecule has 1 heterocycles. The molecule has 1 aromatic carbocycles. The lowest BCUT2D eigenvalue weighted by Gasteiger charge is -2.22. The Bertz CT molecular complexity index is 790. The number of halogens is 2. The minimum absolute atomic E-state index is 0. The fourth-order valence-electron chi connectivity index (χ4n) is 2.63. The summed E-state index contributed by atoms with van der Waals surface area (Å²) in [6.45, 7) is 7.82. The summed E-state index contributed by atoms with van der Waals surface area (Å²) in [4.78, 5) is 11.4. The highest BCUT2D eigenvalue weighted by Gasteiger charge is 2.15. The highest BCUT2D eigenvalue weighted by atomic mass is 127. The Labute approximate surface area is 199 Å². The van der Waals surface area contributed by atoms with E-state index in [1.807, 2.05) is 38.1 Å². The van der Waals surface area contributed by atoms with E-state index in [4.69, 9.17) is 14.5 Å². The zero-order valence-electron chi connectivity index (χ0n) is 18.2. The Kier molecular flexibility index (Phi) is 12.2. The van der Waals surface area contributed by atoms with Crippen molar-refractivity contribution in [3.63, 3.8) is 0 Å². The molecular weight excluding hydrogens is 518 g/mol. The molecule has 6 nitrogen and oxygen atoms in total. The van der Waals surface area contributed by atoms with Gasteiger partial charge in [-0.3, -0.25) is 0 Å². The summed E-state index contributed by atoms with van der Waals surface area (Å²) in [5, 5.41) is 6.30. The molecule has 9 heteroatoms. The number of ether oxygens (including phenoxy) is 2. The van der Waals surface area contributed by atoms with Crippen LogP contribution in [0.3, 0.4) is 0 Å². The molecule has 168 valence electrons. The van der Waals surface area contributed by atoms with E-state index in [0.717, 1.165) is 29.6 Å². The molecule has 0 aliphatic rings. The second-order valence-corrected chi connectivity index (χ2v) is 7.57. The summed E-state index contributed by atoms with van der Waals surface area (Å²) >= 11 is 1.60. The summed E-state index contributed by atoms with van der Waals surface area (Å²) in [5.74, 6) is 0.663. The third kappa shape index (κ3) is 7.99. The van der Waals surface area contributed by atoms with Crippen LogP contribution in [0, 0.1) is 5.82 Å². The molecule has 2 aromatic rings. The zero-order valence-corrected chi connectivity index (χ0v) is 21.4. The highest BCUT2D eigenvalue weighted by Crippen LogP contribution is 2.21. The standard InChI is InChI=1S/C21H31FN4O2S.HI/c1-6-17(28-19-11-9-8-10-18(19)22)12-24-21(23-7-2)26(4)13-16-14-29-20(25-16)15(3)27-5;/h8-11,14-15,17H,6-7,12-13H2,1-5H3,(H,23,24);1H. The molecule has 1 aromatic heterocycles. The van der Waals surface area contributed by atoms with Crippen molar-refractivity contribution in [3.8, 4) is 5.75 Å². The quantitative estimate of drug-likeness (QED) is 0.260. The fraction of sp³-hybridized carbons (Fsp3) is 0.524. The predicted molar refractivity (Wildman–Crippen MR) is 132 cm³/mol. The van der Waals surface area contributed by atoms with Crippen molar-refractivity contribution in [3.05, 3.63) is 46.2 Å². The van der Waals surface area contributed by atoms with Gasteiger partial charge in [-0.1, -0.05) is 19.1 Å². The first kappa shape index (κ1) is 26.6. The van der Waals surface area contributed by atoms with Crippen molar-refractivity contribution in [2.24, 2.45) is 4.99 Å². The number of methoxy groups -OCH3 is 1. The number of guanidine groups is 1. The Morgan fingerprint density at radius 1 is 1.33 bits per heavy atom. The van der Waals surface area contributed by atoms with Gasteiger partial charge in [-0.2, -0.15) is 0 Å². The van der Waals surface area contributed by atoms with Crippen molar-refractivity contribution in [1.29, 1.82) is 0 Å². The molecule has 0 amide bonds. The van der Waals surface area contributed by atoms with Crippen molar-refractivity contribution < 1.29 is 13.9 Å². The van der Waals surface area contributed by atoms with Crippen LogP contribution in [0.1, 0.15) is 44.0 Å². The van der Waals surface area contributed by atoms with Gasteiger partial charge < -0.3 is 19.7 Å². The molecule has 2 unspecified atom stereocenters. The first-order valence-corrected chi connectivity index (χ1v) is 10.7. The van der Waals surface area contributed by atoms with Gasteiger partial charge in [-0.25, -0.2) is 14.4 Å². The average molecular weight is 550 g/mol. The van der Waals surface area contributed by atoms with E-state index in [9.17, 15) is 4.39 Å². The Balaban J connectivity index is 0.00000450. The van der Waals surface area contributed by atoms with Gasteiger partial charge in [0.15, 0.2) is 17.5 Å². The molecule has 2 rings (SSSR count). The largest absolute Gasteiger partial charge is 0.485 e. The normalized spacial score (nSPS) is 13.3. The number of rotatable bonds is 10. The van der Waals surface area contributed by atoms with Gasteiger partial charge in [-0.15, -0.1) is 35.3 Å². The van der Waals surface area contributed by atoms with E-state index < -0.39 is 0 Å². The number of aromatic nitrogens is 1. The van der Waals surface area contributed by atoms with E-state index in [1.165, 1.54) is 6.07 Å². The Hall–Kier alpha value is -1.46. The molecule has 0 saturated carbocycles. The third-order valence-corrected chi connectivity index (χ3v) is 5.45. The van der Waals surface area contributed by atoms with Crippen LogP contribution >= 0.6 is 35.3 Å². The number of para-hydroxylation sites is 1. The van der Waals surface area contributed by atoms with Gasteiger partial charge in [0, 0.05) is 26.1 Å². The van der Waals surface area contributed by atoms with E-state index in [2.05, 4.69) is 10.3 Å². The first-order chi connectivity index (χ1) is 14.0. The first-order valence-electron chi connectivity index (χ1n) is 9.86. The molecular formula is C21H32FIN4O2S. The van der Waals surface area contributed by atoms with Crippen molar-refractivity contribution in [2.75, 3.05) is 27.2 Å². The van der Waals surface area contributed by atoms with E-state index in [0.29, 0.717) is 13.1 Å². The Morgan fingerprint density at radius 2 is 2.07 bits per heavy atom. The summed E-state index contributed by atoms with van der Waals surface area (Å²) in [5.41, 5.74) is 0.969. The van der Waals surface area contributed by atoms with Gasteiger partial charge in [0.05, 0.1) is 18.8 Å². The predicted octanol–water partition coefficient (Wildman–Crippen LogP) is 4.86. The van der Waals surface area contributed by atoms with E-state index in [1.54, 1.807) is 36.6 Å². The molecule has 0 aliphatic heterocycles. The van der Waals surface area contributed by atoms with Gasteiger partial charge in [0.2, 0.25) is 0 Å². The lowest BCUT2D eigenvalue weighted by molar-refractivity contribution is 0.119. The van der Waals surface area contributed by atoms with Crippen molar-refractivity contribution >= 4 is 41.3 Å². The topological polar surface area (TPSA) is 59.0 Å². The van der Waals surface area contributed by atoms with Crippen LogP contribution in [0.2, 0.25) is 0 Å². The lowest BCUT2D eigenvalue weighted by Crippen LogP contribution is -2.39. The molecule has 0 bridgehead atoms. The van der Waals surface area contributed by atoms with E-state index >= 15 is 0 Å². The van der Waals surface area contributed by atoms with Gasteiger partial charge in [0.1, 0.15) is 17.2 Å². The van der Waals surface area contributed by atoms with Crippen molar-refractivity contribution in [2.45, 2.75) is 45.9 Å². The average Bonchev–Trinajstić information content (AvgIpc) is 3.19. The summed E-state index contributed by atoms with van der Waals surface area (Å²) in [6, 6.07) is 6.45. The number of hydrogen-bond acceptors (Lipinski definition) is 5. The molecule has 30 heavy (non-hydrogen) atoms. The maximum atomic E-state index is 13.9. The summed E-state index contributed by atoms with van der Waals surface area (Å²) in [7, 11) is 3.65. The highest BCUT2D eigenvalue weighted by molar-refractivity contribution is 14.0. The SMILES string of the molecule is CCNC(=NCC(CC)Oc1ccccc1F)N(C)Cc1csc(C(C)OC)n1.I. The molecule has 0 aliphatic carbocycles. The zero-order chi connectivity index (χ0) is 21.2. The number of thiazole rings is 1. The minimum atomic E-state index is -0.358. The van der Waals surface area contributed by atoms with Crippen LogP contribution < -0.4 is 10.1 Å². The number of hydrogen-bond donors (Lipinski definition) is 1. The third-order valence-electron chi connectivity index (χ3n) is 4.40. The van der Waals surface area contributed by atoms with Gasteiger partial charge in [0.25, 0.3) is 0 Å². The molecule has 0 radical (unpaired) electrons. The van der Waals surface area contributed by atoms with Crippen molar-refractivity contribution in [1.82, 2.24) is 15.2 Å². The van der Waals surface area contributed by atoms with E-state index in [-0.39, 0.29) is 47.8 Å².